The van der Waals surface area contributed by atoms with Gasteiger partial charge in [0, 0.05) is 12.0 Å². The molecule has 2 aromatic carbocycles. The fourth-order valence-corrected chi connectivity index (χ4v) is 5.83. The molecule has 1 aliphatic rings. The first-order valence-corrected chi connectivity index (χ1v) is 12.5. The predicted molar refractivity (Wildman–Crippen MR) is 125 cm³/mol. The van der Waals surface area contributed by atoms with Crippen LogP contribution in [0.25, 0.3) is 0 Å². The minimum atomic E-state index is -4.04. The zero-order valence-corrected chi connectivity index (χ0v) is 20.3. The molecule has 0 bridgehead atoms. The van der Waals surface area contributed by atoms with Crippen molar-refractivity contribution < 1.29 is 22.7 Å². The number of hydrogen-bond acceptors (Lipinski definition) is 8. The van der Waals surface area contributed by atoms with Crippen LogP contribution in [0.1, 0.15) is 42.2 Å². The maximum absolute atomic E-state index is 13.1. The fourth-order valence-electron chi connectivity index (χ4n) is 3.48. The number of ether oxygens (including phenoxy) is 2. The normalized spacial score (nSPS) is 17.0. The summed E-state index contributed by atoms with van der Waals surface area (Å²) in [5.41, 5.74) is 0.310. The van der Waals surface area contributed by atoms with Crippen LogP contribution < -0.4 is 19.5 Å². The van der Waals surface area contributed by atoms with E-state index in [9.17, 15) is 13.2 Å². The van der Waals surface area contributed by atoms with Crippen LogP contribution in [0.4, 0.5) is 5.13 Å². The SMILES string of the molecule is COc1ccc2c(c1)[C@H](NS(=O)(=O)c1nnc(NC(=O)c3ccccc3Cl)s1)CC(C)(C)O2. The van der Waals surface area contributed by atoms with E-state index in [0.717, 1.165) is 11.3 Å². The maximum Gasteiger partial charge on any atom is 0.270 e. The summed E-state index contributed by atoms with van der Waals surface area (Å²) >= 11 is 6.78. The number of aromatic nitrogens is 2. The van der Waals surface area contributed by atoms with E-state index in [1.165, 1.54) is 7.11 Å². The molecule has 3 aromatic rings. The first kappa shape index (κ1) is 23.4. The Morgan fingerprint density at radius 3 is 2.73 bits per heavy atom. The van der Waals surface area contributed by atoms with Crippen molar-refractivity contribution >= 4 is 44.0 Å². The number of amides is 1. The van der Waals surface area contributed by atoms with Crippen molar-refractivity contribution in [2.45, 2.75) is 36.3 Å². The largest absolute Gasteiger partial charge is 0.497 e. The summed E-state index contributed by atoms with van der Waals surface area (Å²) in [7, 11) is -2.50. The molecule has 9 nitrogen and oxygen atoms in total. The first-order chi connectivity index (χ1) is 15.6. The summed E-state index contributed by atoms with van der Waals surface area (Å²) in [6.45, 7) is 3.77. The van der Waals surface area contributed by atoms with Gasteiger partial charge in [-0.05, 0) is 44.2 Å². The highest BCUT2D eigenvalue weighted by molar-refractivity contribution is 7.91. The third-order valence-corrected chi connectivity index (χ3v) is 7.95. The van der Waals surface area contributed by atoms with Crippen LogP contribution in [0.15, 0.2) is 46.8 Å². The third-order valence-electron chi connectivity index (χ3n) is 4.95. The quantitative estimate of drug-likeness (QED) is 0.482. The number of rotatable bonds is 6. The second kappa shape index (κ2) is 8.90. The topological polar surface area (TPSA) is 120 Å². The molecule has 1 atom stereocenters. The smallest absolute Gasteiger partial charge is 0.270 e. The van der Waals surface area contributed by atoms with Crippen LogP contribution >= 0.6 is 22.9 Å². The molecular weight excluding hydrogens is 488 g/mol. The Balaban J connectivity index is 1.56. The van der Waals surface area contributed by atoms with E-state index in [-0.39, 0.29) is 20.1 Å². The van der Waals surface area contributed by atoms with Crippen LogP contribution in [-0.4, -0.2) is 37.2 Å². The summed E-state index contributed by atoms with van der Waals surface area (Å²) in [5.74, 6) is 0.646. The molecule has 12 heteroatoms. The molecule has 0 saturated heterocycles. The minimum Gasteiger partial charge on any atom is -0.497 e. The first-order valence-electron chi connectivity index (χ1n) is 9.87. The molecule has 0 unspecified atom stereocenters. The van der Waals surface area contributed by atoms with Gasteiger partial charge in [-0.15, -0.1) is 10.2 Å². The van der Waals surface area contributed by atoms with Crippen molar-refractivity contribution in [1.82, 2.24) is 14.9 Å². The van der Waals surface area contributed by atoms with E-state index in [1.807, 2.05) is 13.8 Å². The molecule has 0 aliphatic carbocycles. The van der Waals surface area contributed by atoms with Crippen molar-refractivity contribution in [3.63, 3.8) is 0 Å². The van der Waals surface area contributed by atoms with Gasteiger partial charge in [0.25, 0.3) is 15.9 Å². The molecule has 4 rings (SSSR count). The van der Waals surface area contributed by atoms with Gasteiger partial charge in [-0.3, -0.25) is 10.1 Å². The molecule has 2 heterocycles. The van der Waals surface area contributed by atoms with E-state index in [2.05, 4.69) is 20.2 Å². The standard InChI is InChI=1S/C21H21ClN4O5S2/c1-21(2)11-16(14-10-12(30-3)8-9-17(14)31-21)26-33(28,29)20-25-24-19(32-20)23-18(27)13-6-4-5-7-15(13)22/h4-10,16,26H,11H2,1-3H3,(H,23,24,27)/t16-/m1/s1. The van der Waals surface area contributed by atoms with Crippen molar-refractivity contribution in [3.05, 3.63) is 58.6 Å². The molecule has 0 radical (unpaired) electrons. The van der Waals surface area contributed by atoms with Crippen LogP contribution in [0.3, 0.4) is 0 Å². The Morgan fingerprint density at radius 2 is 2.00 bits per heavy atom. The number of nitrogens with one attached hydrogen (secondary N) is 2. The molecule has 0 fully saturated rings. The molecule has 2 N–H and O–H groups in total. The van der Waals surface area contributed by atoms with E-state index in [0.29, 0.717) is 23.5 Å². The highest BCUT2D eigenvalue weighted by atomic mass is 35.5. The Bertz CT molecular complexity index is 1310. The van der Waals surface area contributed by atoms with Gasteiger partial charge in [0.05, 0.1) is 23.7 Å². The molecular formula is C21H21ClN4O5S2. The van der Waals surface area contributed by atoms with Crippen LogP contribution in [-0.2, 0) is 10.0 Å². The number of fused-ring (bicyclic) bond motifs is 1. The Kier molecular flexibility index (Phi) is 6.32. The summed E-state index contributed by atoms with van der Waals surface area (Å²) in [5, 5.41) is 10.4. The molecule has 33 heavy (non-hydrogen) atoms. The Morgan fingerprint density at radius 1 is 1.24 bits per heavy atom. The monoisotopic (exact) mass is 508 g/mol. The van der Waals surface area contributed by atoms with E-state index in [4.69, 9.17) is 21.1 Å². The number of benzene rings is 2. The number of methoxy groups -OCH3 is 1. The van der Waals surface area contributed by atoms with Gasteiger partial charge in [0.1, 0.15) is 17.1 Å². The van der Waals surface area contributed by atoms with Crippen molar-refractivity contribution in [2.75, 3.05) is 12.4 Å². The zero-order chi connectivity index (χ0) is 23.8. The highest BCUT2D eigenvalue weighted by Crippen LogP contribution is 2.42. The Hall–Kier alpha value is -2.73. The second-order valence-electron chi connectivity index (χ2n) is 7.95. The highest BCUT2D eigenvalue weighted by Gasteiger charge is 2.37. The van der Waals surface area contributed by atoms with Gasteiger partial charge < -0.3 is 9.47 Å². The predicted octanol–water partition coefficient (Wildman–Crippen LogP) is 4.03. The van der Waals surface area contributed by atoms with Gasteiger partial charge in [0.2, 0.25) is 9.47 Å². The van der Waals surface area contributed by atoms with Gasteiger partial charge in [-0.25, -0.2) is 13.1 Å². The summed E-state index contributed by atoms with van der Waals surface area (Å²) < 4.78 is 39.9. The average Bonchev–Trinajstić information content (AvgIpc) is 3.22. The molecule has 1 aliphatic heterocycles. The van der Waals surface area contributed by atoms with Gasteiger partial charge in [-0.1, -0.05) is 35.1 Å². The van der Waals surface area contributed by atoms with E-state index < -0.39 is 27.6 Å². The average molecular weight is 509 g/mol. The number of carbonyl (C=O) groups excluding carboxylic acids is 1. The lowest BCUT2D eigenvalue weighted by molar-refractivity contribution is 0.0700. The number of nitrogens with zero attached hydrogens (tertiary/aromatic N) is 2. The van der Waals surface area contributed by atoms with Crippen molar-refractivity contribution in [1.29, 1.82) is 0 Å². The maximum atomic E-state index is 13.1. The number of hydrogen-bond donors (Lipinski definition) is 2. The van der Waals surface area contributed by atoms with Gasteiger partial charge in [-0.2, -0.15) is 0 Å². The number of sulfonamides is 1. The van der Waals surface area contributed by atoms with E-state index in [1.54, 1.807) is 42.5 Å². The lowest BCUT2D eigenvalue weighted by Crippen LogP contribution is -2.41. The molecule has 0 spiro atoms. The Labute approximate surface area is 200 Å². The lowest BCUT2D eigenvalue weighted by Gasteiger charge is -2.37. The number of carbonyl (C=O) groups is 1. The van der Waals surface area contributed by atoms with Crippen LogP contribution in [0.5, 0.6) is 11.5 Å². The fraction of sp³-hybridized carbons (Fsp3) is 0.286. The number of anilines is 1. The molecule has 0 saturated carbocycles. The molecule has 1 amide bonds. The summed E-state index contributed by atoms with van der Waals surface area (Å²) in [4.78, 5) is 12.4. The third kappa shape index (κ3) is 5.11. The van der Waals surface area contributed by atoms with Crippen molar-refractivity contribution in [2.24, 2.45) is 0 Å². The molecule has 174 valence electrons. The van der Waals surface area contributed by atoms with Crippen molar-refractivity contribution in [3.8, 4) is 11.5 Å². The lowest BCUT2D eigenvalue weighted by atomic mass is 9.90. The van der Waals surface area contributed by atoms with Crippen LogP contribution in [0.2, 0.25) is 5.02 Å². The second-order valence-corrected chi connectivity index (χ2v) is 11.2. The van der Waals surface area contributed by atoms with Gasteiger partial charge >= 0.3 is 0 Å². The molecule has 1 aromatic heterocycles. The minimum absolute atomic E-state index is 0.0367. The van der Waals surface area contributed by atoms with E-state index >= 15 is 0 Å². The summed E-state index contributed by atoms with van der Waals surface area (Å²) in [6.07, 6.45) is 0.390. The van der Waals surface area contributed by atoms with Crippen LogP contribution in [0, 0.1) is 0 Å². The number of halogens is 1. The zero-order valence-electron chi connectivity index (χ0n) is 18.0. The van der Waals surface area contributed by atoms with Gasteiger partial charge in [0.15, 0.2) is 0 Å². The summed E-state index contributed by atoms with van der Waals surface area (Å²) in [6, 6.07) is 11.2.